The molecule has 7 heteroatoms. The molecule has 0 spiro atoms. The number of carbonyl (C=O) groups is 1. The number of likely N-dealkylation sites (N-methyl/N-ethyl adjacent to an activating group) is 1. The fourth-order valence-corrected chi connectivity index (χ4v) is 3.84. The van der Waals surface area contributed by atoms with E-state index in [9.17, 15) is 10.1 Å². The summed E-state index contributed by atoms with van der Waals surface area (Å²) in [6.07, 6.45) is 4.22. The molecule has 1 aliphatic heterocycles. The van der Waals surface area contributed by atoms with Gasteiger partial charge in [0.15, 0.2) is 0 Å². The van der Waals surface area contributed by atoms with E-state index in [2.05, 4.69) is 33.2 Å². The number of hydrogen-bond donors (Lipinski definition) is 1. The fourth-order valence-electron chi connectivity index (χ4n) is 3.84. The van der Waals surface area contributed by atoms with Gasteiger partial charge in [0, 0.05) is 31.5 Å². The van der Waals surface area contributed by atoms with Crippen molar-refractivity contribution in [3.05, 3.63) is 30.1 Å². The van der Waals surface area contributed by atoms with Gasteiger partial charge in [0.2, 0.25) is 5.91 Å². The van der Waals surface area contributed by atoms with Crippen molar-refractivity contribution in [2.75, 3.05) is 31.6 Å². The molecule has 1 fully saturated rings. The second kappa shape index (κ2) is 8.53. The van der Waals surface area contributed by atoms with E-state index < -0.39 is 0 Å². The zero-order valence-electron chi connectivity index (χ0n) is 17.0. The maximum absolute atomic E-state index is 12.6. The Balaban J connectivity index is 1.83. The van der Waals surface area contributed by atoms with Crippen LogP contribution in [0.4, 0.5) is 5.69 Å². The van der Waals surface area contributed by atoms with E-state index in [1.54, 1.807) is 18.5 Å². The highest BCUT2D eigenvalue weighted by molar-refractivity contribution is 5.92. The van der Waals surface area contributed by atoms with Gasteiger partial charge in [-0.25, -0.2) is 0 Å². The lowest BCUT2D eigenvalue weighted by atomic mass is 9.94. The van der Waals surface area contributed by atoms with E-state index in [1.807, 2.05) is 31.9 Å². The van der Waals surface area contributed by atoms with E-state index in [1.165, 1.54) is 0 Å². The molecule has 2 heterocycles. The predicted molar refractivity (Wildman–Crippen MR) is 110 cm³/mol. The van der Waals surface area contributed by atoms with Crippen LogP contribution in [0.1, 0.15) is 32.8 Å². The average Bonchev–Trinajstić information content (AvgIpc) is 2.71. The lowest BCUT2D eigenvalue weighted by Crippen LogP contribution is -2.54. The van der Waals surface area contributed by atoms with Gasteiger partial charge >= 0.3 is 0 Å². The Labute approximate surface area is 166 Å². The van der Waals surface area contributed by atoms with Crippen molar-refractivity contribution in [2.45, 2.75) is 39.3 Å². The first-order valence-corrected chi connectivity index (χ1v) is 9.84. The van der Waals surface area contributed by atoms with Crippen LogP contribution in [0.25, 0.3) is 11.0 Å². The molecular weight excluding hydrogens is 352 g/mol. The molecule has 0 radical (unpaired) electrons. The van der Waals surface area contributed by atoms with Crippen LogP contribution in [0.5, 0.6) is 0 Å². The van der Waals surface area contributed by atoms with Crippen molar-refractivity contribution in [1.82, 2.24) is 20.2 Å². The molecule has 2 aromatic rings. The highest BCUT2D eigenvalue weighted by Crippen LogP contribution is 2.30. The van der Waals surface area contributed by atoms with Crippen LogP contribution in [0.15, 0.2) is 24.5 Å². The van der Waals surface area contributed by atoms with Gasteiger partial charge in [0.1, 0.15) is 17.1 Å². The topological polar surface area (TPSA) is 85.2 Å². The number of hydrogen-bond acceptors (Lipinski definition) is 6. The Morgan fingerprint density at radius 2 is 2.07 bits per heavy atom. The summed E-state index contributed by atoms with van der Waals surface area (Å²) in [4.78, 5) is 25.8. The average molecular weight is 380 g/mol. The Morgan fingerprint density at radius 3 is 2.75 bits per heavy atom. The lowest BCUT2D eigenvalue weighted by Gasteiger charge is -2.39. The summed E-state index contributed by atoms with van der Waals surface area (Å²) in [5.41, 5.74) is 2.85. The first-order chi connectivity index (χ1) is 13.4. The molecule has 28 heavy (non-hydrogen) atoms. The predicted octanol–water partition coefficient (Wildman–Crippen LogP) is 2.17. The summed E-state index contributed by atoms with van der Waals surface area (Å²) in [6.45, 7) is 8.62. The summed E-state index contributed by atoms with van der Waals surface area (Å²) >= 11 is 0. The monoisotopic (exact) mass is 380 g/mol. The molecule has 0 saturated carbocycles. The van der Waals surface area contributed by atoms with Gasteiger partial charge in [-0.3, -0.25) is 19.7 Å². The van der Waals surface area contributed by atoms with Crippen molar-refractivity contribution in [3.8, 4) is 6.07 Å². The Hall–Kier alpha value is -2.72. The smallest absolute Gasteiger partial charge is 0.237 e. The first kappa shape index (κ1) is 20.0. The van der Waals surface area contributed by atoms with Gasteiger partial charge in [0.05, 0.1) is 17.3 Å². The standard InChI is InChI=1S/C21H28N6O/c1-5-26(4)15(3)21(28)25-17-10-14(2)12-27(13-17)18-7-6-16(11-22)19-20(18)24-9-8-23-19/h6-9,14-15,17H,5,10,12-13H2,1-4H3,(H,25,28)/t14-,15-,17+/m0/s1. The third-order valence-electron chi connectivity index (χ3n) is 5.61. The molecular formula is C21H28N6O. The molecule has 0 aliphatic carbocycles. The van der Waals surface area contributed by atoms with Crippen molar-refractivity contribution in [3.63, 3.8) is 0 Å². The Bertz CT molecular complexity index is 892. The highest BCUT2D eigenvalue weighted by Gasteiger charge is 2.29. The Morgan fingerprint density at radius 1 is 1.36 bits per heavy atom. The van der Waals surface area contributed by atoms with Gasteiger partial charge in [0.25, 0.3) is 0 Å². The van der Waals surface area contributed by atoms with Gasteiger partial charge < -0.3 is 10.2 Å². The summed E-state index contributed by atoms with van der Waals surface area (Å²) < 4.78 is 0. The number of anilines is 1. The number of rotatable bonds is 5. The number of nitrogens with zero attached hydrogens (tertiary/aromatic N) is 5. The van der Waals surface area contributed by atoms with Crippen LogP contribution in [-0.2, 0) is 4.79 Å². The van der Waals surface area contributed by atoms with Crippen LogP contribution in [0.2, 0.25) is 0 Å². The minimum absolute atomic E-state index is 0.0629. The molecule has 1 aromatic heterocycles. The number of amides is 1. The van der Waals surface area contributed by atoms with Crippen LogP contribution in [-0.4, -0.2) is 59.5 Å². The van der Waals surface area contributed by atoms with Crippen molar-refractivity contribution in [1.29, 1.82) is 5.26 Å². The minimum atomic E-state index is -0.155. The fraction of sp³-hybridized carbons (Fsp3) is 0.524. The maximum Gasteiger partial charge on any atom is 0.237 e. The molecule has 1 amide bonds. The van der Waals surface area contributed by atoms with Crippen LogP contribution in [0, 0.1) is 17.2 Å². The molecule has 3 atom stereocenters. The van der Waals surface area contributed by atoms with Crippen LogP contribution >= 0.6 is 0 Å². The van der Waals surface area contributed by atoms with Crippen LogP contribution < -0.4 is 10.2 Å². The zero-order chi connectivity index (χ0) is 20.3. The molecule has 0 unspecified atom stereocenters. The molecule has 1 aromatic carbocycles. The molecule has 1 aliphatic rings. The highest BCUT2D eigenvalue weighted by atomic mass is 16.2. The van der Waals surface area contributed by atoms with Crippen LogP contribution in [0.3, 0.4) is 0 Å². The summed E-state index contributed by atoms with van der Waals surface area (Å²) in [6, 6.07) is 5.86. The molecule has 0 bridgehead atoms. The third-order valence-corrected chi connectivity index (χ3v) is 5.61. The zero-order valence-corrected chi connectivity index (χ0v) is 17.0. The normalized spacial score (nSPS) is 20.8. The molecule has 7 nitrogen and oxygen atoms in total. The lowest BCUT2D eigenvalue weighted by molar-refractivity contribution is -0.126. The van der Waals surface area contributed by atoms with Gasteiger partial charge in [-0.15, -0.1) is 0 Å². The summed E-state index contributed by atoms with van der Waals surface area (Å²) in [5, 5.41) is 12.6. The second-order valence-electron chi connectivity index (χ2n) is 7.70. The molecule has 1 saturated heterocycles. The van der Waals surface area contributed by atoms with Gasteiger partial charge in [-0.05, 0) is 45.0 Å². The number of fused-ring (bicyclic) bond motifs is 1. The summed E-state index contributed by atoms with van der Waals surface area (Å²) in [5.74, 6) is 0.494. The first-order valence-electron chi connectivity index (χ1n) is 9.84. The van der Waals surface area contributed by atoms with E-state index >= 15 is 0 Å². The van der Waals surface area contributed by atoms with Crippen molar-refractivity contribution < 1.29 is 4.79 Å². The van der Waals surface area contributed by atoms with Crippen molar-refractivity contribution in [2.24, 2.45) is 5.92 Å². The SMILES string of the molecule is CCN(C)[C@@H](C)C(=O)N[C@@H]1C[C@H](C)CN(c2ccc(C#N)c3nccnc23)C1. The minimum Gasteiger partial charge on any atom is -0.367 e. The van der Waals surface area contributed by atoms with Crippen molar-refractivity contribution >= 4 is 22.6 Å². The number of aromatic nitrogens is 2. The third kappa shape index (κ3) is 4.07. The quantitative estimate of drug-likeness (QED) is 0.856. The molecule has 148 valence electrons. The van der Waals surface area contributed by atoms with E-state index in [4.69, 9.17) is 0 Å². The van der Waals surface area contributed by atoms with Gasteiger partial charge in [-0.2, -0.15) is 5.26 Å². The largest absolute Gasteiger partial charge is 0.367 e. The number of piperidine rings is 1. The second-order valence-corrected chi connectivity index (χ2v) is 7.70. The number of carbonyl (C=O) groups excluding carboxylic acids is 1. The number of nitrogens with one attached hydrogen (secondary N) is 1. The van der Waals surface area contributed by atoms with Gasteiger partial charge in [-0.1, -0.05) is 13.8 Å². The van der Waals surface area contributed by atoms with E-state index in [-0.39, 0.29) is 18.0 Å². The molecule has 3 rings (SSSR count). The number of benzene rings is 1. The maximum atomic E-state index is 12.6. The van der Waals surface area contributed by atoms with E-state index in [0.29, 0.717) is 17.0 Å². The van der Waals surface area contributed by atoms with E-state index in [0.717, 1.165) is 37.3 Å². The number of nitriles is 1. The summed E-state index contributed by atoms with van der Waals surface area (Å²) in [7, 11) is 1.96. The molecule has 1 N–H and O–H groups in total. The Kier molecular flexibility index (Phi) is 6.10.